The van der Waals surface area contributed by atoms with Crippen LogP contribution in [0.5, 0.6) is 0 Å². The number of hydrogen-bond acceptors (Lipinski definition) is 4. The molecule has 2 aliphatic heterocycles. The molecule has 3 rings (SSSR count). The average molecular weight is 346 g/mol. The zero-order valence-electron chi connectivity index (χ0n) is 13.5. The van der Waals surface area contributed by atoms with Gasteiger partial charge in [0.1, 0.15) is 6.54 Å². The van der Waals surface area contributed by atoms with Crippen LogP contribution in [-0.2, 0) is 22.3 Å². The Hall–Kier alpha value is -1.61. The minimum atomic E-state index is -4.49. The van der Waals surface area contributed by atoms with Gasteiger partial charge in [0.05, 0.1) is 13.2 Å². The second-order valence-corrected chi connectivity index (χ2v) is 6.39. The first-order valence-electron chi connectivity index (χ1n) is 8.05. The predicted molar refractivity (Wildman–Crippen MR) is 79.2 cm³/mol. The molecule has 0 saturated carbocycles. The smallest absolute Gasteiger partial charge is 0.379 e. The topological polar surface area (TPSA) is 50.6 Å². The van der Waals surface area contributed by atoms with Crippen molar-refractivity contribution in [1.82, 2.24) is 19.6 Å². The van der Waals surface area contributed by atoms with E-state index in [4.69, 9.17) is 4.74 Å². The molecule has 134 valence electrons. The van der Waals surface area contributed by atoms with Gasteiger partial charge in [-0.3, -0.25) is 14.4 Å². The molecule has 0 unspecified atom stereocenters. The summed E-state index contributed by atoms with van der Waals surface area (Å²) in [6, 6.07) is 1.16. The fourth-order valence-corrected chi connectivity index (χ4v) is 3.38. The number of aromatic nitrogens is 2. The summed E-state index contributed by atoms with van der Waals surface area (Å²) >= 11 is 0. The molecule has 0 aliphatic carbocycles. The third-order valence-electron chi connectivity index (χ3n) is 4.67. The van der Waals surface area contributed by atoms with E-state index in [1.165, 1.54) is 6.20 Å². The first-order valence-corrected chi connectivity index (χ1v) is 8.05. The van der Waals surface area contributed by atoms with Crippen LogP contribution in [0.2, 0.25) is 0 Å². The summed E-state index contributed by atoms with van der Waals surface area (Å²) in [6.07, 6.45) is -3.29. The number of carbonyl (C=O) groups excluding carboxylic acids is 1. The number of hydrogen-bond donors (Lipinski definition) is 0. The highest BCUT2D eigenvalue weighted by Gasteiger charge is 2.37. The van der Waals surface area contributed by atoms with E-state index in [-0.39, 0.29) is 18.5 Å². The molecule has 24 heavy (non-hydrogen) atoms. The average Bonchev–Trinajstić information content (AvgIpc) is 3.14. The standard InChI is InChI=1S/C15H21F3N4O2/c1-11-8-21(9-12(11)20-4-6-24-7-5-20)14(23)10-22-3-2-13(19-22)15(16,17)18/h2-3,11-12H,4-10H2,1H3/t11-,12+/m0/s1. The molecule has 1 aromatic rings. The van der Waals surface area contributed by atoms with E-state index in [1.54, 1.807) is 4.90 Å². The first kappa shape index (κ1) is 17.2. The summed E-state index contributed by atoms with van der Waals surface area (Å²) in [4.78, 5) is 16.4. The highest BCUT2D eigenvalue weighted by Crippen LogP contribution is 2.27. The maximum absolute atomic E-state index is 12.6. The Morgan fingerprint density at radius 1 is 1.33 bits per heavy atom. The van der Waals surface area contributed by atoms with Crippen LogP contribution < -0.4 is 0 Å². The van der Waals surface area contributed by atoms with E-state index < -0.39 is 11.9 Å². The van der Waals surface area contributed by atoms with Crippen molar-refractivity contribution in [1.29, 1.82) is 0 Å². The fourth-order valence-electron chi connectivity index (χ4n) is 3.38. The van der Waals surface area contributed by atoms with E-state index in [0.717, 1.165) is 23.8 Å². The number of ether oxygens (including phenoxy) is 1. The third kappa shape index (κ3) is 3.72. The van der Waals surface area contributed by atoms with Crippen LogP contribution in [0.4, 0.5) is 13.2 Å². The molecule has 3 heterocycles. The monoisotopic (exact) mass is 346 g/mol. The van der Waals surface area contributed by atoms with Crippen molar-refractivity contribution in [3.8, 4) is 0 Å². The third-order valence-corrected chi connectivity index (χ3v) is 4.67. The van der Waals surface area contributed by atoms with Crippen LogP contribution in [0.1, 0.15) is 12.6 Å². The molecule has 2 atom stereocenters. The van der Waals surface area contributed by atoms with Crippen LogP contribution in [0.25, 0.3) is 0 Å². The summed E-state index contributed by atoms with van der Waals surface area (Å²) in [5.41, 5.74) is -0.976. The van der Waals surface area contributed by atoms with Gasteiger partial charge in [-0.05, 0) is 12.0 Å². The van der Waals surface area contributed by atoms with Crippen molar-refractivity contribution in [2.24, 2.45) is 5.92 Å². The minimum absolute atomic E-state index is 0.168. The lowest BCUT2D eigenvalue weighted by molar-refractivity contribution is -0.142. The SMILES string of the molecule is C[C@H]1CN(C(=O)Cn2ccc(C(F)(F)F)n2)C[C@H]1N1CCOCC1. The summed E-state index contributed by atoms with van der Waals surface area (Å²) in [6.45, 7) is 6.26. The van der Waals surface area contributed by atoms with E-state index in [0.29, 0.717) is 32.2 Å². The quantitative estimate of drug-likeness (QED) is 0.822. The number of rotatable bonds is 3. The number of carbonyl (C=O) groups is 1. The molecule has 6 nitrogen and oxygen atoms in total. The Bertz CT molecular complexity index is 584. The molecular formula is C15H21F3N4O2. The molecule has 0 radical (unpaired) electrons. The zero-order chi connectivity index (χ0) is 17.3. The molecule has 0 spiro atoms. The highest BCUT2D eigenvalue weighted by atomic mass is 19.4. The van der Waals surface area contributed by atoms with Gasteiger partial charge in [-0.25, -0.2) is 0 Å². The van der Waals surface area contributed by atoms with Gasteiger partial charge in [0.25, 0.3) is 0 Å². The molecule has 2 aliphatic rings. The van der Waals surface area contributed by atoms with Crippen molar-refractivity contribution in [3.63, 3.8) is 0 Å². The van der Waals surface area contributed by atoms with Crippen LogP contribution in [0, 0.1) is 5.92 Å². The highest BCUT2D eigenvalue weighted by molar-refractivity contribution is 5.76. The van der Waals surface area contributed by atoms with Gasteiger partial charge < -0.3 is 9.64 Å². The van der Waals surface area contributed by atoms with E-state index >= 15 is 0 Å². The van der Waals surface area contributed by atoms with Gasteiger partial charge in [-0.2, -0.15) is 18.3 Å². The second-order valence-electron chi connectivity index (χ2n) is 6.39. The lowest BCUT2D eigenvalue weighted by Crippen LogP contribution is -2.47. The normalized spacial score (nSPS) is 26.1. The van der Waals surface area contributed by atoms with Gasteiger partial charge in [0, 0.05) is 38.4 Å². The number of amides is 1. The maximum Gasteiger partial charge on any atom is 0.435 e. The minimum Gasteiger partial charge on any atom is -0.379 e. The molecule has 1 aromatic heterocycles. The molecule has 2 fully saturated rings. The van der Waals surface area contributed by atoms with Gasteiger partial charge in [0.15, 0.2) is 5.69 Å². The molecular weight excluding hydrogens is 325 g/mol. The Kier molecular flexibility index (Phi) is 4.82. The molecule has 0 aromatic carbocycles. The van der Waals surface area contributed by atoms with E-state index in [1.807, 2.05) is 0 Å². The zero-order valence-corrected chi connectivity index (χ0v) is 13.5. The van der Waals surface area contributed by atoms with Crippen LogP contribution in [-0.4, -0.2) is 70.9 Å². The number of morpholine rings is 1. The lowest BCUT2D eigenvalue weighted by atomic mass is 10.0. The summed E-state index contributed by atoms with van der Waals surface area (Å²) in [5, 5.41) is 3.44. The van der Waals surface area contributed by atoms with E-state index in [2.05, 4.69) is 16.9 Å². The van der Waals surface area contributed by atoms with E-state index in [9.17, 15) is 18.0 Å². The Morgan fingerprint density at radius 3 is 2.67 bits per heavy atom. The van der Waals surface area contributed by atoms with Crippen molar-refractivity contribution in [2.45, 2.75) is 25.7 Å². The van der Waals surface area contributed by atoms with Crippen molar-refractivity contribution >= 4 is 5.91 Å². The van der Waals surface area contributed by atoms with Gasteiger partial charge in [-0.15, -0.1) is 0 Å². The second kappa shape index (κ2) is 6.72. The Morgan fingerprint density at radius 2 is 2.04 bits per heavy atom. The maximum atomic E-state index is 12.6. The number of likely N-dealkylation sites (tertiary alicyclic amines) is 1. The Balaban J connectivity index is 1.58. The van der Waals surface area contributed by atoms with Crippen LogP contribution in [0.3, 0.4) is 0 Å². The van der Waals surface area contributed by atoms with Crippen LogP contribution >= 0.6 is 0 Å². The van der Waals surface area contributed by atoms with Gasteiger partial charge in [-0.1, -0.05) is 6.92 Å². The Labute approximate surface area is 138 Å². The van der Waals surface area contributed by atoms with Crippen LogP contribution in [0.15, 0.2) is 12.3 Å². The largest absolute Gasteiger partial charge is 0.435 e. The fraction of sp³-hybridized carbons (Fsp3) is 0.733. The molecule has 0 N–H and O–H groups in total. The van der Waals surface area contributed by atoms with Gasteiger partial charge >= 0.3 is 6.18 Å². The summed E-state index contributed by atoms with van der Waals surface area (Å²) < 4.78 is 44.1. The van der Waals surface area contributed by atoms with Crippen molar-refractivity contribution in [2.75, 3.05) is 39.4 Å². The molecule has 2 saturated heterocycles. The summed E-state index contributed by atoms with van der Waals surface area (Å²) in [7, 11) is 0. The van der Waals surface area contributed by atoms with Crippen molar-refractivity contribution < 1.29 is 22.7 Å². The molecule has 0 bridgehead atoms. The number of halogens is 3. The summed E-state index contributed by atoms with van der Waals surface area (Å²) in [5.74, 6) is 0.129. The lowest BCUT2D eigenvalue weighted by Gasteiger charge is -2.33. The number of nitrogens with zero attached hydrogens (tertiary/aromatic N) is 4. The predicted octanol–water partition coefficient (Wildman–Crippen LogP) is 1.08. The molecule has 9 heteroatoms. The van der Waals surface area contributed by atoms with Crippen molar-refractivity contribution in [3.05, 3.63) is 18.0 Å². The first-order chi connectivity index (χ1) is 11.3. The van der Waals surface area contributed by atoms with Gasteiger partial charge in [0.2, 0.25) is 5.91 Å². The number of alkyl halides is 3. The molecule has 1 amide bonds.